The minimum absolute atomic E-state index is 0.0207. The van der Waals surface area contributed by atoms with E-state index in [9.17, 15) is 14.7 Å². The predicted octanol–water partition coefficient (Wildman–Crippen LogP) is 6.75. The molecular weight excluding hydrogens is 424 g/mol. The monoisotopic (exact) mass is 454 g/mol. The van der Waals surface area contributed by atoms with Crippen LogP contribution in [-0.4, -0.2) is 23.8 Å². The fourth-order valence-electron chi connectivity index (χ4n) is 4.48. The molecule has 0 saturated heterocycles. The highest BCUT2D eigenvalue weighted by Gasteiger charge is 2.20. The predicted molar refractivity (Wildman–Crippen MR) is 138 cm³/mol. The Hall–Kier alpha value is -3.66. The molecule has 0 saturated carbocycles. The number of rotatable bonds is 9. The molecule has 0 amide bonds. The number of carbonyl (C=O) groups is 2. The Morgan fingerprint density at radius 1 is 1.06 bits per heavy atom. The lowest BCUT2D eigenvalue weighted by Crippen LogP contribution is -2.05. The normalized spacial score (nSPS) is 12.4. The van der Waals surface area contributed by atoms with Gasteiger partial charge in [0.15, 0.2) is 17.3 Å². The Balaban J connectivity index is 1.66. The summed E-state index contributed by atoms with van der Waals surface area (Å²) in [4.78, 5) is 24.5. The van der Waals surface area contributed by atoms with Gasteiger partial charge in [0.2, 0.25) is 0 Å². The van der Waals surface area contributed by atoms with E-state index in [4.69, 9.17) is 4.74 Å². The third kappa shape index (κ3) is 5.12. The zero-order valence-electron chi connectivity index (χ0n) is 19.8. The number of phenols is 1. The first-order valence-corrected chi connectivity index (χ1v) is 11.8. The summed E-state index contributed by atoms with van der Waals surface area (Å²) in [6, 6.07) is 14.3. The van der Waals surface area contributed by atoms with Gasteiger partial charge in [0, 0.05) is 18.4 Å². The Morgan fingerprint density at radius 2 is 1.82 bits per heavy atom. The number of ketones is 2. The van der Waals surface area contributed by atoms with Gasteiger partial charge in [0.05, 0.1) is 13.5 Å². The third-order valence-corrected chi connectivity index (χ3v) is 6.35. The molecule has 3 aromatic rings. The Labute approximate surface area is 200 Å². The van der Waals surface area contributed by atoms with Crippen LogP contribution in [0, 0.1) is 0 Å². The summed E-state index contributed by atoms with van der Waals surface area (Å²) in [7, 11) is 1.52. The first-order valence-electron chi connectivity index (χ1n) is 11.8. The van der Waals surface area contributed by atoms with Crippen LogP contribution in [0.15, 0.2) is 48.5 Å². The van der Waals surface area contributed by atoms with Crippen LogP contribution in [0.2, 0.25) is 0 Å². The number of hydrogen-bond acceptors (Lipinski definition) is 4. The highest BCUT2D eigenvalue weighted by atomic mass is 16.5. The first-order chi connectivity index (χ1) is 16.5. The van der Waals surface area contributed by atoms with Crippen molar-refractivity contribution in [2.75, 3.05) is 7.11 Å². The van der Waals surface area contributed by atoms with Gasteiger partial charge >= 0.3 is 0 Å². The van der Waals surface area contributed by atoms with Gasteiger partial charge in [0.1, 0.15) is 5.78 Å². The fourth-order valence-corrected chi connectivity index (χ4v) is 4.48. The molecule has 0 heterocycles. The SMILES string of the molecule is CCCCCC(=O)CC(=O)C=Cc1cc(OC)c(O)c2c1C=Cc1cc3ccccc3cc1C2. The number of fused-ring (bicyclic) bond motifs is 3. The lowest BCUT2D eigenvalue weighted by atomic mass is 9.93. The van der Waals surface area contributed by atoms with Gasteiger partial charge < -0.3 is 9.84 Å². The Bertz CT molecular complexity index is 1300. The second-order valence-corrected chi connectivity index (χ2v) is 8.79. The number of allylic oxidation sites excluding steroid dienone is 1. The second kappa shape index (κ2) is 10.5. The van der Waals surface area contributed by atoms with E-state index in [2.05, 4.69) is 37.3 Å². The molecule has 0 bridgehead atoms. The Kier molecular flexibility index (Phi) is 7.27. The van der Waals surface area contributed by atoms with Crippen LogP contribution in [0.5, 0.6) is 11.5 Å². The topological polar surface area (TPSA) is 63.6 Å². The Morgan fingerprint density at radius 3 is 2.56 bits per heavy atom. The summed E-state index contributed by atoms with van der Waals surface area (Å²) in [6.45, 7) is 2.09. The van der Waals surface area contributed by atoms with Crippen molar-refractivity contribution >= 4 is 40.6 Å². The maximum atomic E-state index is 12.4. The van der Waals surface area contributed by atoms with Crippen molar-refractivity contribution in [3.8, 4) is 11.5 Å². The lowest BCUT2D eigenvalue weighted by molar-refractivity contribution is -0.124. The van der Waals surface area contributed by atoms with Crippen LogP contribution in [0.25, 0.3) is 29.0 Å². The van der Waals surface area contributed by atoms with Gasteiger partial charge in [-0.2, -0.15) is 0 Å². The van der Waals surface area contributed by atoms with Crippen molar-refractivity contribution < 1.29 is 19.4 Å². The highest BCUT2D eigenvalue weighted by Crippen LogP contribution is 2.40. The number of hydrogen-bond donors (Lipinski definition) is 1. The number of carbonyl (C=O) groups excluding carboxylic acids is 2. The molecule has 3 aromatic carbocycles. The van der Waals surface area contributed by atoms with Crippen LogP contribution >= 0.6 is 0 Å². The van der Waals surface area contributed by atoms with Crippen LogP contribution in [0.3, 0.4) is 0 Å². The van der Waals surface area contributed by atoms with E-state index in [1.807, 2.05) is 18.2 Å². The molecule has 4 rings (SSSR count). The van der Waals surface area contributed by atoms with Crippen LogP contribution < -0.4 is 4.74 Å². The van der Waals surface area contributed by atoms with E-state index in [1.165, 1.54) is 13.2 Å². The molecule has 174 valence electrons. The zero-order chi connectivity index (χ0) is 24.1. The summed E-state index contributed by atoms with van der Waals surface area (Å²) in [5, 5.41) is 13.2. The number of methoxy groups -OCH3 is 1. The van der Waals surface area contributed by atoms with E-state index in [-0.39, 0.29) is 23.7 Å². The van der Waals surface area contributed by atoms with Crippen LogP contribution in [-0.2, 0) is 16.0 Å². The molecule has 1 N–H and O–H groups in total. The van der Waals surface area contributed by atoms with Gasteiger partial charge in [0.25, 0.3) is 0 Å². The van der Waals surface area contributed by atoms with E-state index in [0.717, 1.165) is 57.9 Å². The smallest absolute Gasteiger partial charge is 0.163 e. The van der Waals surface area contributed by atoms with Crippen molar-refractivity contribution in [1.29, 1.82) is 0 Å². The molecule has 0 fully saturated rings. The molecule has 34 heavy (non-hydrogen) atoms. The fraction of sp³-hybridized carbons (Fsp3) is 0.267. The standard InChI is InChI=1S/C30H30O4/c1-3-4-5-10-25(31)19-26(32)13-11-23-18-29(34-2)30(33)28-17-24-16-21-9-7-6-8-20(21)15-22(24)12-14-27(23)28/h6-9,11-16,18,33H,3-5,10,17,19H2,1-2H3. The molecule has 0 atom stereocenters. The molecule has 0 spiro atoms. The minimum atomic E-state index is -0.213. The maximum Gasteiger partial charge on any atom is 0.163 e. The summed E-state index contributed by atoms with van der Waals surface area (Å²) < 4.78 is 5.43. The van der Waals surface area contributed by atoms with E-state index >= 15 is 0 Å². The number of unbranched alkanes of at least 4 members (excludes halogenated alkanes) is 2. The van der Waals surface area contributed by atoms with Crippen molar-refractivity contribution in [3.05, 3.63) is 76.4 Å². The van der Waals surface area contributed by atoms with Crippen molar-refractivity contribution in [2.45, 2.75) is 45.4 Å². The highest BCUT2D eigenvalue weighted by molar-refractivity contribution is 6.06. The van der Waals surface area contributed by atoms with Gasteiger partial charge in [-0.05, 0) is 57.7 Å². The van der Waals surface area contributed by atoms with Gasteiger partial charge in [-0.1, -0.05) is 68.3 Å². The number of Topliss-reactive ketones (excluding diaryl/α,β-unsaturated/α-hetero) is 1. The van der Waals surface area contributed by atoms with Crippen molar-refractivity contribution in [2.24, 2.45) is 0 Å². The van der Waals surface area contributed by atoms with E-state index in [0.29, 0.717) is 18.6 Å². The van der Waals surface area contributed by atoms with Gasteiger partial charge in [-0.3, -0.25) is 9.59 Å². The molecule has 4 heteroatoms. The van der Waals surface area contributed by atoms with E-state index in [1.54, 1.807) is 12.1 Å². The summed E-state index contributed by atoms with van der Waals surface area (Å²) in [5.74, 6) is 0.235. The van der Waals surface area contributed by atoms with Crippen LogP contribution in [0.1, 0.15) is 66.8 Å². The summed E-state index contributed by atoms with van der Waals surface area (Å²) in [6.07, 6.45) is 11.0. The molecular formula is C30H30O4. The maximum absolute atomic E-state index is 12.4. The summed E-state index contributed by atoms with van der Waals surface area (Å²) in [5.41, 5.74) is 4.58. The number of benzene rings is 3. The molecule has 0 radical (unpaired) electrons. The van der Waals surface area contributed by atoms with Gasteiger partial charge in [-0.15, -0.1) is 0 Å². The zero-order valence-corrected chi connectivity index (χ0v) is 19.8. The van der Waals surface area contributed by atoms with Gasteiger partial charge in [-0.25, -0.2) is 0 Å². The summed E-state index contributed by atoms with van der Waals surface area (Å²) >= 11 is 0. The van der Waals surface area contributed by atoms with Crippen molar-refractivity contribution in [1.82, 2.24) is 0 Å². The minimum Gasteiger partial charge on any atom is -0.504 e. The molecule has 0 aromatic heterocycles. The number of phenolic OH excluding ortho intramolecular Hbond substituents is 1. The van der Waals surface area contributed by atoms with E-state index < -0.39 is 0 Å². The average molecular weight is 455 g/mol. The molecule has 1 aliphatic carbocycles. The van der Waals surface area contributed by atoms with Crippen LogP contribution in [0.4, 0.5) is 0 Å². The molecule has 0 aliphatic heterocycles. The molecule has 0 unspecified atom stereocenters. The second-order valence-electron chi connectivity index (χ2n) is 8.79. The largest absolute Gasteiger partial charge is 0.504 e. The number of ether oxygens (including phenoxy) is 1. The van der Waals surface area contributed by atoms with Crippen molar-refractivity contribution in [3.63, 3.8) is 0 Å². The quantitative estimate of drug-likeness (QED) is 0.173. The molecule has 1 aliphatic rings. The first kappa shape index (κ1) is 23.5. The average Bonchev–Trinajstić information content (AvgIpc) is 3.02. The third-order valence-electron chi connectivity index (χ3n) is 6.35. The lowest BCUT2D eigenvalue weighted by Gasteiger charge is -2.15. The molecule has 4 nitrogen and oxygen atoms in total. The number of aromatic hydroxyl groups is 1.